The number of ether oxygens (including phenoxy) is 1. The number of hydrogen-bond donors (Lipinski definition) is 5. The van der Waals surface area contributed by atoms with E-state index in [9.17, 15) is 20.4 Å². The minimum absolute atomic E-state index is 0.0877. The molecule has 0 aliphatic carbocycles. The van der Waals surface area contributed by atoms with Crippen molar-refractivity contribution < 1.29 is 30.3 Å². The standard InChI is InChI=1S/C16H24O6/c1-2-8-22-13(9-11-6-4-3-5-7-11)15(20)16(21)14(19)12(18)10-17/h3-7,9,12,14-21H,2,8,10H2,1H3. The summed E-state index contributed by atoms with van der Waals surface area (Å²) in [6.45, 7) is 1.51. The Morgan fingerprint density at radius 2 is 1.73 bits per heavy atom. The van der Waals surface area contributed by atoms with Crippen molar-refractivity contribution >= 4 is 6.08 Å². The van der Waals surface area contributed by atoms with Crippen LogP contribution in [0.15, 0.2) is 36.1 Å². The summed E-state index contributed by atoms with van der Waals surface area (Å²) in [6, 6.07) is 9.07. The Kier molecular flexibility index (Phi) is 8.08. The van der Waals surface area contributed by atoms with Crippen molar-refractivity contribution in [3.8, 4) is 0 Å². The van der Waals surface area contributed by atoms with Crippen LogP contribution in [-0.2, 0) is 4.74 Å². The van der Waals surface area contributed by atoms with Crippen LogP contribution in [0.1, 0.15) is 18.9 Å². The third kappa shape index (κ3) is 5.40. The molecule has 5 N–H and O–H groups in total. The van der Waals surface area contributed by atoms with E-state index in [4.69, 9.17) is 9.84 Å². The molecule has 1 rings (SSSR count). The van der Waals surface area contributed by atoms with Crippen LogP contribution < -0.4 is 0 Å². The lowest BCUT2D eigenvalue weighted by atomic mass is 10.0. The maximum atomic E-state index is 10.2. The summed E-state index contributed by atoms with van der Waals surface area (Å²) in [5.74, 6) is 0.0877. The van der Waals surface area contributed by atoms with E-state index in [1.54, 1.807) is 18.2 Å². The Labute approximate surface area is 129 Å². The van der Waals surface area contributed by atoms with E-state index in [2.05, 4.69) is 0 Å². The van der Waals surface area contributed by atoms with Gasteiger partial charge < -0.3 is 30.3 Å². The zero-order chi connectivity index (χ0) is 16.5. The highest BCUT2D eigenvalue weighted by Gasteiger charge is 2.32. The lowest BCUT2D eigenvalue weighted by Crippen LogP contribution is -2.46. The second-order valence-corrected chi connectivity index (χ2v) is 4.98. The lowest BCUT2D eigenvalue weighted by molar-refractivity contribution is -0.115. The fraction of sp³-hybridized carbons (Fsp3) is 0.500. The SMILES string of the molecule is CCCOC(=Cc1ccccc1)C(O)C(O)C(O)C(O)CO. The number of hydrogen-bond acceptors (Lipinski definition) is 6. The molecule has 6 nitrogen and oxygen atoms in total. The van der Waals surface area contributed by atoms with E-state index in [0.29, 0.717) is 13.0 Å². The summed E-state index contributed by atoms with van der Waals surface area (Å²) < 4.78 is 5.44. The summed E-state index contributed by atoms with van der Waals surface area (Å²) >= 11 is 0. The van der Waals surface area contributed by atoms with Gasteiger partial charge in [-0.3, -0.25) is 0 Å². The minimum Gasteiger partial charge on any atom is -0.495 e. The molecule has 0 aromatic heterocycles. The molecule has 4 atom stereocenters. The second-order valence-electron chi connectivity index (χ2n) is 4.98. The molecule has 0 saturated heterocycles. The maximum Gasteiger partial charge on any atom is 0.139 e. The van der Waals surface area contributed by atoms with E-state index >= 15 is 0 Å². The average molecular weight is 312 g/mol. The molecule has 6 heteroatoms. The fourth-order valence-corrected chi connectivity index (χ4v) is 1.84. The van der Waals surface area contributed by atoms with E-state index in [1.165, 1.54) is 0 Å². The number of aliphatic hydroxyl groups is 5. The first-order chi connectivity index (χ1) is 10.5. The predicted molar refractivity (Wildman–Crippen MR) is 81.8 cm³/mol. The van der Waals surface area contributed by atoms with Gasteiger partial charge in [0.05, 0.1) is 13.2 Å². The summed E-state index contributed by atoms with van der Waals surface area (Å²) in [5, 5.41) is 48.0. The number of rotatable bonds is 9. The zero-order valence-corrected chi connectivity index (χ0v) is 12.5. The Bertz CT molecular complexity index is 447. The van der Waals surface area contributed by atoms with Crippen molar-refractivity contribution in [2.75, 3.05) is 13.2 Å². The molecule has 0 amide bonds. The Hall–Kier alpha value is -1.44. The van der Waals surface area contributed by atoms with Crippen LogP contribution in [-0.4, -0.2) is 63.2 Å². The van der Waals surface area contributed by atoms with Gasteiger partial charge in [0.1, 0.15) is 30.2 Å². The highest BCUT2D eigenvalue weighted by molar-refractivity contribution is 5.52. The van der Waals surface area contributed by atoms with E-state index in [0.717, 1.165) is 5.56 Å². The number of aliphatic hydroxyl groups excluding tert-OH is 5. The summed E-state index contributed by atoms with van der Waals surface area (Å²) in [6.07, 6.45) is -4.19. The molecular formula is C16H24O6. The molecule has 0 radical (unpaired) electrons. The van der Waals surface area contributed by atoms with Crippen molar-refractivity contribution in [1.82, 2.24) is 0 Å². The Morgan fingerprint density at radius 1 is 1.09 bits per heavy atom. The third-order valence-corrected chi connectivity index (χ3v) is 3.13. The summed E-state index contributed by atoms with van der Waals surface area (Å²) in [7, 11) is 0. The van der Waals surface area contributed by atoms with Gasteiger partial charge in [0.25, 0.3) is 0 Å². The lowest BCUT2D eigenvalue weighted by Gasteiger charge is -2.27. The van der Waals surface area contributed by atoms with Crippen molar-refractivity contribution in [2.45, 2.75) is 37.8 Å². The molecule has 0 aliphatic rings. The molecule has 0 aliphatic heterocycles. The maximum absolute atomic E-state index is 10.2. The zero-order valence-electron chi connectivity index (χ0n) is 12.5. The normalized spacial score (nSPS) is 17.6. The van der Waals surface area contributed by atoms with Crippen LogP contribution in [0.2, 0.25) is 0 Å². The van der Waals surface area contributed by atoms with Gasteiger partial charge in [0, 0.05) is 0 Å². The quantitative estimate of drug-likeness (QED) is 0.407. The molecule has 0 heterocycles. The molecular weight excluding hydrogens is 288 g/mol. The van der Waals surface area contributed by atoms with E-state index in [-0.39, 0.29) is 5.76 Å². The molecule has 1 aromatic rings. The largest absolute Gasteiger partial charge is 0.495 e. The summed E-state index contributed by atoms with van der Waals surface area (Å²) in [4.78, 5) is 0. The number of benzene rings is 1. The van der Waals surface area contributed by atoms with E-state index in [1.807, 2.05) is 25.1 Å². The molecule has 0 fully saturated rings. The van der Waals surface area contributed by atoms with Gasteiger partial charge in [-0.15, -0.1) is 0 Å². The van der Waals surface area contributed by atoms with Crippen molar-refractivity contribution in [3.63, 3.8) is 0 Å². The van der Waals surface area contributed by atoms with Crippen LogP contribution in [0.3, 0.4) is 0 Å². The highest BCUT2D eigenvalue weighted by atomic mass is 16.5. The van der Waals surface area contributed by atoms with Gasteiger partial charge in [-0.1, -0.05) is 37.3 Å². The van der Waals surface area contributed by atoms with E-state index < -0.39 is 31.0 Å². The molecule has 22 heavy (non-hydrogen) atoms. The van der Waals surface area contributed by atoms with Gasteiger partial charge in [0.2, 0.25) is 0 Å². The molecule has 0 spiro atoms. The smallest absolute Gasteiger partial charge is 0.139 e. The topological polar surface area (TPSA) is 110 Å². The second kappa shape index (κ2) is 9.55. The van der Waals surface area contributed by atoms with Crippen molar-refractivity contribution in [1.29, 1.82) is 0 Å². The Balaban J connectivity index is 2.93. The van der Waals surface area contributed by atoms with Gasteiger partial charge in [0.15, 0.2) is 0 Å². The molecule has 0 bridgehead atoms. The molecule has 124 valence electrons. The van der Waals surface area contributed by atoms with Gasteiger partial charge in [-0.25, -0.2) is 0 Å². The summed E-state index contributed by atoms with van der Waals surface area (Å²) in [5.41, 5.74) is 0.761. The van der Waals surface area contributed by atoms with Crippen LogP contribution >= 0.6 is 0 Å². The predicted octanol–water partition coefficient (Wildman–Crippen LogP) is -0.110. The van der Waals surface area contributed by atoms with Gasteiger partial charge in [-0.05, 0) is 18.1 Å². The van der Waals surface area contributed by atoms with Crippen LogP contribution in [0.5, 0.6) is 0 Å². The Morgan fingerprint density at radius 3 is 2.27 bits per heavy atom. The van der Waals surface area contributed by atoms with Crippen molar-refractivity contribution in [2.24, 2.45) is 0 Å². The first kappa shape index (κ1) is 18.6. The van der Waals surface area contributed by atoms with Crippen LogP contribution in [0, 0.1) is 0 Å². The van der Waals surface area contributed by atoms with Crippen LogP contribution in [0.4, 0.5) is 0 Å². The average Bonchev–Trinajstić information content (AvgIpc) is 2.56. The van der Waals surface area contributed by atoms with Crippen molar-refractivity contribution in [3.05, 3.63) is 41.7 Å². The van der Waals surface area contributed by atoms with Gasteiger partial charge in [-0.2, -0.15) is 0 Å². The first-order valence-electron chi connectivity index (χ1n) is 7.23. The third-order valence-electron chi connectivity index (χ3n) is 3.13. The minimum atomic E-state index is -1.69. The first-order valence-corrected chi connectivity index (χ1v) is 7.23. The van der Waals surface area contributed by atoms with Gasteiger partial charge >= 0.3 is 0 Å². The molecule has 1 aromatic carbocycles. The molecule has 4 unspecified atom stereocenters. The van der Waals surface area contributed by atoms with Crippen LogP contribution in [0.25, 0.3) is 6.08 Å². The highest BCUT2D eigenvalue weighted by Crippen LogP contribution is 2.17. The fourth-order valence-electron chi connectivity index (χ4n) is 1.84. The molecule has 0 saturated carbocycles. The monoisotopic (exact) mass is 312 g/mol.